The first-order valence-electron chi connectivity index (χ1n) is 5.31. The van der Waals surface area contributed by atoms with Crippen LogP contribution in [0.5, 0.6) is 0 Å². The summed E-state index contributed by atoms with van der Waals surface area (Å²) in [6.07, 6.45) is -2.74. The van der Waals surface area contributed by atoms with Crippen molar-refractivity contribution in [1.82, 2.24) is 0 Å². The highest BCUT2D eigenvalue weighted by atomic mass is 32.1. The molecule has 0 aliphatic carbocycles. The van der Waals surface area contributed by atoms with E-state index in [1.807, 2.05) is 6.07 Å². The first-order chi connectivity index (χ1) is 8.02. The molecule has 92 valence electrons. The molecule has 2 N–H and O–H groups in total. The monoisotopic (exact) mass is 259 g/mol. The second kappa shape index (κ2) is 4.66. The van der Waals surface area contributed by atoms with Gasteiger partial charge >= 0.3 is 6.18 Å². The molecule has 0 radical (unpaired) electrons. The van der Waals surface area contributed by atoms with Gasteiger partial charge in [-0.25, -0.2) is 0 Å². The molecule has 0 saturated carbocycles. The van der Waals surface area contributed by atoms with Crippen molar-refractivity contribution in [3.63, 3.8) is 0 Å². The van der Waals surface area contributed by atoms with Crippen LogP contribution in [0.1, 0.15) is 16.9 Å². The van der Waals surface area contributed by atoms with Gasteiger partial charge in [0.1, 0.15) is 4.88 Å². The van der Waals surface area contributed by atoms with Crippen LogP contribution in [0.4, 0.5) is 13.2 Å². The van der Waals surface area contributed by atoms with Crippen molar-refractivity contribution >= 4 is 21.4 Å². The van der Waals surface area contributed by atoms with Gasteiger partial charge in [-0.15, -0.1) is 11.3 Å². The number of fused-ring (bicyclic) bond motifs is 1. The predicted molar refractivity (Wildman–Crippen MR) is 64.2 cm³/mol. The van der Waals surface area contributed by atoms with Gasteiger partial charge in [-0.05, 0) is 42.5 Å². The lowest BCUT2D eigenvalue weighted by molar-refractivity contribution is -0.134. The number of hydrogen-bond donors (Lipinski definition) is 1. The normalized spacial score (nSPS) is 12.2. The maximum Gasteiger partial charge on any atom is 0.425 e. The van der Waals surface area contributed by atoms with Crippen molar-refractivity contribution in [2.45, 2.75) is 19.0 Å². The smallest absolute Gasteiger partial charge is 0.330 e. The van der Waals surface area contributed by atoms with Gasteiger partial charge in [0.2, 0.25) is 0 Å². The van der Waals surface area contributed by atoms with Crippen LogP contribution in [0, 0.1) is 0 Å². The zero-order chi connectivity index (χ0) is 12.5. The van der Waals surface area contributed by atoms with E-state index in [-0.39, 0.29) is 0 Å². The van der Waals surface area contributed by atoms with Gasteiger partial charge in [0.25, 0.3) is 0 Å². The van der Waals surface area contributed by atoms with Crippen molar-refractivity contribution < 1.29 is 13.2 Å². The van der Waals surface area contributed by atoms with E-state index in [0.717, 1.165) is 29.7 Å². The Morgan fingerprint density at radius 1 is 1.24 bits per heavy atom. The fourth-order valence-corrected chi connectivity index (χ4v) is 2.75. The van der Waals surface area contributed by atoms with Crippen molar-refractivity contribution in [2.24, 2.45) is 5.73 Å². The Morgan fingerprint density at radius 2 is 2.00 bits per heavy atom. The van der Waals surface area contributed by atoms with E-state index >= 15 is 0 Å². The molecule has 0 amide bonds. The summed E-state index contributed by atoms with van der Waals surface area (Å²) in [5.74, 6) is 0. The number of aryl methyl sites for hydroxylation is 1. The molecule has 0 aliphatic rings. The highest BCUT2D eigenvalue weighted by Crippen LogP contribution is 2.39. The highest BCUT2D eigenvalue weighted by molar-refractivity contribution is 7.19. The van der Waals surface area contributed by atoms with E-state index in [1.54, 1.807) is 12.1 Å². The Morgan fingerprint density at radius 3 is 2.65 bits per heavy atom. The van der Waals surface area contributed by atoms with Crippen molar-refractivity contribution in [1.29, 1.82) is 0 Å². The van der Waals surface area contributed by atoms with Gasteiger partial charge in [-0.1, -0.05) is 12.1 Å². The van der Waals surface area contributed by atoms with Crippen LogP contribution in [-0.4, -0.2) is 6.54 Å². The summed E-state index contributed by atoms with van der Waals surface area (Å²) >= 11 is 0.796. The molecule has 0 bridgehead atoms. The van der Waals surface area contributed by atoms with Gasteiger partial charge in [0.15, 0.2) is 0 Å². The van der Waals surface area contributed by atoms with E-state index < -0.39 is 11.1 Å². The Hall–Kier alpha value is -1.07. The molecule has 1 aromatic heterocycles. The molecule has 1 heterocycles. The van der Waals surface area contributed by atoms with Gasteiger partial charge in [-0.2, -0.15) is 13.2 Å². The van der Waals surface area contributed by atoms with Gasteiger partial charge in [0.05, 0.1) is 0 Å². The lowest BCUT2D eigenvalue weighted by Crippen LogP contribution is -2.01. The molecule has 1 nitrogen and oxygen atoms in total. The zero-order valence-electron chi connectivity index (χ0n) is 9.05. The SMILES string of the molecule is NCCCc1cccc2sc(C(F)(F)F)cc12. The second-order valence-corrected chi connectivity index (χ2v) is 4.91. The molecule has 17 heavy (non-hydrogen) atoms. The summed E-state index contributed by atoms with van der Waals surface area (Å²) in [5.41, 5.74) is 6.36. The number of halogens is 3. The molecular formula is C12H12F3NS. The lowest BCUT2D eigenvalue weighted by Gasteiger charge is -2.01. The molecule has 0 spiro atoms. The van der Waals surface area contributed by atoms with Crippen LogP contribution in [0.2, 0.25) is 0 Å². The number of thiophene rings is 1. The standard InChI is InChI=1S/C12H12F3NS/c13-12(14,15)11-7-9-8(4-2-6-16)3-1-5-10(9)17-11/h1,3,5,7H,2,4,6,16H2. The summed E-state index contributed by atoms with van der Waals surface area (Å²) in [4.78, 5) is -0.535. The van der Waals surface area contributed by atoms with Gasteiger partial charge in [0, 0.05) is 4.70 Å². The van der Waals surface area contributed by atoms with Crippen LogP contribution in [-0.2, 0) is 12.6 Å². The number of nitrogens with two attached hydrogens (primary N) is 1. The maximum absolute atomic E-state index is 12.6. The van der Waals surface area contributed by atoms with Crippen LogP contribution in [0.15, 0.2) is 24.3 Å². The first kappa shape index (κ1) is 12.4. The van der Waals surface area contributed by atoms with Crippen molar-refractivity contribution in [3.8, 4) is 0 Å². The molecule has 0 unspecified atom stereocenters. The summed E-state index contributed by atoms with van der Waals surface area (Å²) in [5, 5.41) is 0.707. The average molecular weight is 259 g/mol. The van der Waals surface area contributed by atoms with Gasteiger partial charge in [-0.3, -0.25) is 0 Å². The lowest BCUT2D eigenvalue weighted by atomic mass is 10.1. The van der Waals surface area contributed by atoms with E-state index in [0.29, 0.717) is 16.6 Å². The number of benzene rings is 1. The van der Waals surface area contributed by atoms with Crippen LogP contribution in [0.25, 0.3) is 10.1 Å². The summed E-state index contributed by atoms with van der Waals surface area (Å²) < 4.78 is 38.5. The van der Waals surface area contributed by atoms with Crippen LogP contribution in [0.3, 0.4) is 0 Å². The first-order valence-corrected chi connectivity index (χ1v) is 6.12. The third-order valence-corrected chi connectivity index (χ3v) is 3.73. The topological polar surface area (TPSA) is 26.0 Å². The fourth-order valence-electron chi connectivity index (χ4n) is 1.77. The van der Waals surface area contributed by atoms with Crippen LogP contribution >= 0.6 is 11.3 Å². The maximum atomic E-state index is 12.6. The predicted octanol–water partition coefficient (Wildman–Crippen LogP) is 3.81. The Balaban J connectivity index is 2.45. The molecule has 0 fully saturated rings. The van der Waals surface area contributed by atoms with E-state index in [4.69, 9.17) is 5.73 Å². The summed E-state index contributed by atoms with van der Waals surface area (Å²) in [6.45, 7) is 0.548. The molecule has 0 atom stereocenters. The summed E-state index contributed by atoms with van der Waals surface area (Å²) in [6, 6.07) is 6.63. The number of hydrogen-bond acceptors (Lipinski definition) is 2. The highest BCUT2D eigenvalue weighted by Gasteiger charge is 2.32. The minimum Gasteiger partial charge on any atom is -0.330 e. The van der Waals surface area contributed by atoms with Crippen LogP contribution < -0.4 is 5.73 Å². The van der Waals surface area contributed by atoms with Crippen molar-refractivity contribution in [3.05, 3.63) is 34.7 Å². The molecule has 2 rings (SSSR count). The van der Waals surface area contributed by atoms with Gasteiger partial charge < -0.3 is 5.73 Å². The second-order valence-electron chi connectivity index (χ2n) is 3.83. The minimum absolute atomic E-state index is 0.535. The third kappa shape index (κ3) is 2.61. The Labute approximate surface area is 101 Å². The Bertz CT molecular complexity index is 516. The minimum atomic E-state index is -4.26. The molecule has 0 saturated heterocycles. The summed E-state index contributed by atoms with van der Waals surface area (Å²) in [7, 11) is 0. The molecule has 2 aromatic rings. The average Bonchev–Trinajstić information content (AvgIpc) is 2.70. The number of alkyl halides is 3. The molecular weight excluding hydrogens is 247 g/mol. The van der Waals surface area contributed by atoms with E-state index in [9.17, 15) is 13.2 Å². The van der Waals surface area contributed by atoms with E-state index in [1.165, 1.54) is 6.07 Å². The number of rotatable bonds is 3. The third-order valence-electron chi connectivity index (χ3n) is 2.58. The quantitative estimate of drug-likeness (QED) is 0.891. The Kier molecular flexibility index (Phi) is 3.40. The molecule has 5 heteroatoms. The largest absolute Gasteiger partial charge is 0.425 e. The van der Waals surface area contributed by atoms with Crippen molar-refractivity contribution in [2.75, 3.05) is 6.54 Å². The fraction of sp³-hybridized carbons (Fsp3) is 0.333. The molecule has 1 aromatic carbocycles. The molecule has 0 aliphatic heterocycles. The zero-order valence-corrected chi connectivity index (χ0v) is 9.87. The van der Waals surface area contributed by atoms with E-state index in [2.05, 4.69) is 0 Å².